The second-order valence-electron chi connectivity index (χ2n) is 7.72. The molecule has 2 aromatic carbocycles. The van der Waals surface area contributed by atoms with Crippen LogP contribution in [0.4, 0.5) is 10.1 Å². The summed E-state index contributed by atoms with van der Waals surface area (Å²) in [6, 6.07) is 11.5. The fourth-order valence-corrected chi connectivity index (χ4v) is 3.59. The van der Waals surface area contributed by atoms with Crippen molar-refractivity contribution in [1.82, 2.24) is 4.90 Å². The van der Waals surface area contributed by atoms with E-state index in [0.29, 0.717) is 31.9 Å². The smallest absolute Gasteiger partial charge is 0.322 e. The summed E-state index contributed by atoms with van der Waals surface area (Å²) in [4.78, 5) is 32.2. The molecule has 1 aliphatic rings. The summed E-state index contributed by atoms with van der Waals surface area (Å²) in [5, 5.41) is 9.12. The first kappa shape index (κ1) is 24.7. The maximum atomic E-state index is 14.6. The summed E-state index contributed by atoms with van der Waals surface area (Å²) < 4.78 is 25.0. The Bertz CT molecular complexity index is 989. The number of halogens is 1. The first-order chi connectivity index (χ1) is 16.0. The molecule has 1 atom stereocenters. The molecule has 176 valence electrons. The van der Waals surface area contributed by atoms with E-state index in [0.717, 1.165) is 24.2 Å². The van der Waals surface area contributed by atoms with Gasteiger partial charge in [0.05, 0.1) is 31.1 Å². The normalized spacial score (nSPS) is 15.5. The van der Waals surface area contributed by atoms with Crippen LogP contribution in [0.3, 0.4) is 0 Å². The van der Waals surface area contributed by atoms with Gasteiger partial charge in [-0.3, -0.25) is 19.5 Å². The van der Waals surface area contributed by atoms with Gasteiger partial charge in [0.15, 0.2) is 11.7 Å². The zero-order valence-electron chi connectivity index (χ0n) is 18.7. The fraction of sp³-hybridized carbons (Fsp3) is 0.400. The molecule has 0 aromatic heterocycles. The van der Waals surface area contributed by atoms with Crippen molar-refractivity contribution in [1.29, 1.82) is 0 Å². The number of hydrogen-bond donors (Lipinski definition) is 1. The van der Waals surface area contributed by atoms with E-state index in [1.54, 1.807) is 31.2 Å². The standard InChI is InChI=1S/C25H29FN2O5/c1-2-33-25(31)22(16-27-20-5-3-4-18(14-20)8-11-29)24(30)21-15-19(6-7-23(21)26)17-28-9-12-32-13-10-28/h3-7,14-16,22,29H,2,8-13,17H2,1H3. The van der Waals surface area contributed by atoms with E-state index in [2.05, 4.69) is 9.89 Å². The summed E-state index contributed by atoms with van der Waals surface area (Å²) >= 11 is 0. The van der Waals surface area contributed by atoms with Crippen molar-refractivity contribution in [2.45, 2.75) is 19.9 Å². The van der Waals surface area contributed by atoms with E-state index in [1.165, 1.54) is 18.3 Å². The highest BCUT2D eigenvalue weighted by Crippen LogP contribution is 2.20. The highest BCUT2D eigenvalue weighted by molar-refractivity contribution is 6.18. The van der Waals surface area contributed by atoms with Crippen molar-refractivity contribution in [3.63, 3.8) is 0 Å². The van der Waals surface area contributed by atoms with E-state index < -0.39 is 23.5 Å². The van der Waals surface area contributed by atoms with Gasteiger partial charge in [-0.2, -0.15) is 0 Å². The third-order valence-corrected chi connectivity index (χ3v) is 5.31. The molecule has 1 heterocycles. The molecule has 8 heteroatoms. The second-order valence-corrected chi connectivity index (χ2v) is 7.72. The first-order valence-corrected chi connectivity index (χ1v) is 11.0. The Morgan fingerprint density at radius 3 is 2.73 bits per heavy atom. The average molecular weight is 457 g/mol. The molecule has 3 rings (SSSR count). The number of benzene rings is 2. The minimum atomic E-state index is -1.38. The summed E-state index contributed by atoms with van der Waals surface area (Å²) in [5.74, 6) is -3.56. The number of hydrogen-bond acceptors (Lipinski definition) is 7. The zero-order valence-corrected chi connectivity index (χ0v) is 18.7. The van der Waals surface area contributed by atoms with Gasteiger partial charge in [-0.25, -0.2) is 4.39 Å². The largest absolute Gasteiger partial charge is 0.465 e. The minimum Gasteiger partial charge on any atom is -0.465 e. The molecule has 0 saturated carbocycles. The van der Waals surface area contributed by atoms with Crippen molar-refractivity contribution in [3.8, 4) is 0 Å². The van der Waals surface area contributed by atoms with Crippen molar-refractivity contribution >= 4 is 23.7 Å². The molecule has 0 bridgehead atoms. The summed E-state index contributed by atoms with van der Waals surface area (Å²) in [6.45, 7) is 5.06. The molecule has 1 fully saturated rings. The summed E-state index contributed by atoms with van der Waals surface area (Å²) in [7, 11) is 0. The molecule has 0 radical (unpaired) electrons. The number of aliphatic imine (C=N–C) groups is 1. The lowest BCUT2D eigenvalue weighted by Crippen LogP contribution is -2.35. The predicted molar refractivity (Wildman–Crippen MR) is 122 cm³/mol. The number of esters is 1. The highest BCUT2D eigenvalue weighted by Gasteiger charge is 2.29. The fourth-order valence-electron chi connectivity index (χ4n) is 3.59. The molecule has 0 spiro atoms. The number of ether oxygens (including phenoxy) is 2. The monoisotopic (exact) mass is 456 g/mol. The average Bonchev–Trinajstić information content (AvgIpc) is 2.82. The van der Waals surface area contributed by atoms with Crippen LogP contribution in [0.1, 0.15) is 28.4 Å². The highest BCUT2D eigenvalue weighted by atomic mass is 19.1. The number of Topliss-reactive ketones (excluding diaryl/α,β-unsaturated/α-hetero) is 1. The maximum absolute atomic E-state index is 14.6. The molecule has 1 saturated heterocycles. The van der Waals surface area contributed by atoms with Crippen LogP contribution in [0.5, 0.6) is 0 Å². The molecular formula is C25H29FN2O5. The zero-order chi connectivity index (χ0) is 23.6. The Morgan fingerprint density at radius 1 is 1.21 bits per heavy atom. The van der Waals surface area contributed by atoms with Gasteiger partial charge in [0.1, 0.15) is 5.82 Å². The van der Waals surface area contributed by atoms with Gasteiger partial charge in [-0.05, 0) is 48.7 Å². The molecule has 2 aromatic rings. The van der Waals surface area contributed by atoms with Crippen molar-refractivity contribution in [3.05, 3.63) is 65.0 Å². The molecule has 0 amide bonds. The lowest BCUT2D eigenvalue weighted by molar-refractivity contribution is -0.143. The number of carbonyl (C=O) groups excluding carboxylic acids is 2. The Balaban J connectivity index is 1.84. The van der Waals surface area contributed by atoms with E-state index in [9.17, 15) is 14.0 Å². The van der Waals surface area contributed by atoms with Crippen LogP contribution in [-0.2, 0) is 27.2 Å². The third kappa shape index (κ3) is 7.02. The topological polar surface area (TPSA) is 88.4 Å². The number of aliphatic hydroxyl groups is 1. The first-order valence-electron chi connectivity index (χ1n) is 11.0. The van der Waals surface area contributed by atoms with E-state index >= 15 is 0 Å². The van der Waals surface area contributed by atoms with Gasteiger partial charge in [0.2, 0.25) is 0 Å². The predicted octanol–water partition coefficient (Wildman–Crippen LogP) is 2.96. The van der Waals surface area contributed by atoms with E-state index in [1.807, 2.05) is 6.07 Å². The van der Waals surface area contributed by atoms with Crippen LogP contribution >= 0.6 is 0 Å². The molecule has 1 aliphatic heterocycles. The second kappa shape index (κ2) is 12.3. The summed E-state index contributed by atoms with van der Waals surface area (Å²) in [6.07, 6.45) is 1.66. The number of aliphatic hydroxyl groups excluding tert-OH is 1. The van der Waals surface area contributed by atoms with Crippen molar-refractivity contribution in [2.24, 2.45) is 10.9 Å². The maximum Gasteiger partial charge on any atom is 0.322 e. The lowest BCUT2D eigenvalue weighted by atomic mass is 9.96. The Kier molecular flexibility index (Phi) is 9.24. The molecule has 33 heavy (non-hydrogen) atoms. The SMILES string of the molecule is CCOC(=O)C(C=Nc1cccc(CCO)c1)C(=O)c1cc(CN2CCOCC2)ccc1F. The van der Waals surface area contributed by atoms with Gasteiger partial charge in [0, 0.05) is 32.5 Å². The van der Waals surface area contributed by atoms with Crippen LogP contribution in [0.25, 0.3) is 0 Å². The Labute approximate surface area is 192 Å². The Morgan fingerprint density at radius 2 is 2.00 bits per heavy atom. The molecular weight excluding hydrogens is 427 g/mol. The van der Waals surface area contributed by atoms with Gasteiger partial charge in [-0.1, -0.05) is 18.2 Å². The van der Waals surface area contributed by atoms with Gasteiger partial charge < -0.3 is 14.6 Å². The quantitative estimate of drug-likeness (QED) is 0.256. The molecule has 0 aliphatic carbocycles. The minimum absolute atomic E-state index is 0.00280. The van der Waals surface area contributed by atoms with Crippen molar-refractivity contribution < 1.29 is 28.6 Å². The van der Waals surface area contributed by atoms with Crippen molar-refractivity contribution in [2.75, 3.05) is 39.5 Å². The van der Waals surface area contributed by atoms with Crippen LogP contribution in [-0.4, -0.2) is 67.5 Å². The number of morpholine rings is 1. The van der Waals surface area contributed by atoms with Gasteiger partial charge in [-0.15, -0.1) is 0 Å². The number of carbonyl (C=O) groups is 2. The van der Waals surface area contributed by atoms with Crippen LogP contribution < -0.4 is 0 Å². The number of ketones is 1. The van der Waals surface area contributed by atoms with Crippen LogP contribution in [0.2, 0.25) is 0 Å². The molecule has 1 unspecified atom stereocenters. The van der Waals surface area contributed by atoms with Gasteiger partial charge in [0.25, 0.3) is 0 Å². The molecule has 1 N–H and O–H groups in total. The van der Waals surface area contributed by atoms with E-state index in [4.69, 9.17) is 14.6 Å². The third-order valence-electron chi connectivity index (χ3n) is 5.31. The Hall–Kier alpha value is -2.94. The van der Waals surface area contributed by atoms with E-state index in [-0.39, 0.29) is 18.8 Å². The van der Waals surface area contributed by atoms with Crippen LogP contribution in [0, 0.1) is 11.7 Å². The number of nitrogens with zero attached hydrogens (tertiary/aromatic N) is 2. The van der Waals surface area contributed by atoms with Crippen LogP contribution in [0.15, 0.2) is 47.5 Å². The lowest BCUT2D eigenvalue weighted by Gasteiger charge is -2.26. The summed E-state index contributed by atoms with van der Waals surface area (Å²) in [5.41, 5.74) is 2.00. The number of rotatable bonds is 10. The van der Waals surface area contributed by atoms with Gasteiger partial charge >= 0.3 is 5.97 Å². The molecule has 7 nitrogen and oxygen atoms in total.